The molecule has 0 saturated heterocycles. The SMILES string of the molecule is CC(C)Cc1cc(-c2ccccc2)ccc1C(=O)N(CCNC[C@H](O)c1ccc(N)cc1)S(=O)(=O)CCCO. The van der Waals surface area contributed by atoms with Gasteiger partial charge in [0.2, 0.25) is 10.0 Å². The van der Waals surface area contributed by atoms with Crippen LogP contribution in [0.1, 0.15) is 47.9 Å². The molecule has 0 aliphatic carbocycles. The number of amides is 1. The van der Waals surface area contributed by atoms with Gasteiger partial charge in [0, 0.05) is 37.5 Å². The van der Waals surface area contributed by atoms with Gasteiger partial charge in [-0.2, -0.15) is 0 Å². The van der Waals surface area contributed by atoms with Gasteiger partial charge in [-0.3, -0.25) is 4.79 Å². The summed E-state index contributed by atoms with van der Waals surface area (Å²) in [4.78, 5) is 13.8. The van der Waals surface area contributed by atoms with Gasteiger partial charge in [-0.1, -0.05) is 68.4 Å². The van der Waals surface area contributed by atoms with E-state index in [4.69, 9.17) is 5.73 Å². The molecule has 0 saturated carbocycles. The van der Waals surface area contributed by atoms with Gasteiger partial charge in [-0.05, 0) is 59.2 Å². The molecule has 3 aromatic carbocycles. The van der Waals surface area contributed by atoms with Gasteiger partial charge >= 0.3 is 0 Å². The Morgan fingerprint density at radius 1 is 1.00 bits per heavy atom. The van der Waals surface area contributed by atoms with Crippen LogP contribution in [-0.2, 0) is 16.4 Å². The van der Waals surface area contributed by atoms with E-state index in [0.29, 0.717) is 23.2 Å². The Bertz CT molecular complexity index is 1310. The molecule has 3 aromatic rings. The van der Waals surface area contributed by atoms with Crippen LogP contribution in [0.4, 0.5) is 5.69 Å². The smallest absolute Gasteiger partial charge is 0.267 e. The predicted octanol–water partition coefficient (Wildman–Crippen LogP) is 3.61. The molecule has 0 bridgehead atoms. The molecule has 0 aliphatic heterocycles. The minimum atomic E-state index is -3.99. The fourth-order valence-corrected chi connectivity index (χ4v) is 5.77. The summed E-state index contributed by atoms with van der Waals surface area (Å²) in [5.41, 5.74) is 10.1. The van der Waals surface area contributed by atoms with Gasteiger partial charge < -0.3 is 21.3 Å². The van der Waals surface area contributed by atoms with Crippen molar-refractivity contribution in [3.63, 3.8) is 0 Å². The number of anilines is 1. The average Bonchev–Trinajstić information content (AvgIpc) is 2.92. The zero-order valence-corrected chi connectivity index (χ0v) is 23.4. The van der Waals surface area contributed by atoms with Gasteiger partial charge in [0.25, 0.3) is 5.91 Å². The molecule has 0 spiro atoms. The Kier molecular flexibility index (Phi) is 11.1. The fraction of sp³-hybridized carbons (Fsp3) is 0.367. The van der Waals surface area contributed by atoms with Crippen LogP contribution in [0, 0.1) is 5.92 Å². The van der Waals surface area contributed by atoms with Crippen molar-refractivity contribution in [2.75, 3.05) is 37.7 Å². The topological polar surface area (TPSA) is 133 Å². The van der Waals surface area contributed by atoms with Gasteiger partial charge in [0.15, 0.2) is 0 Å². The number of carbonyl (C=O) groups excluding carboxylic acids is 1. The molecule has 5 N–H and O–H groups in total. The first-order valence-corrected chi connectivity index (χ1v) is 14.8. The van der Waals surface area contributed by atoms with Crippen molar-refractivity contribution in [1.29, 1.82) is 0 Å². The molecule has 1 amide bonds. The molecule has 210 valence electrons. The largest absolute Gasteiger partial charge is 0.399 e. The minimum Gasteiger partial charge on any atom is -0.399 e. The molecule has 0 aromatic heterocycles. The van der Waals surface area contributed by atoms with Crippen LogP contribution in [0.25, 0.3) is 11.1 Å². The zero-order valence-electron chi connectivity index (χ0n) is 22.6. The minimum absolute atomic E-state index is 0.0290. The van der Waals surface area contributed by atoms with E-state index in [0.717, 1.165) is 21.0 Å². The molecule has 0 radical (unpaired) electrons. The summed E-state index contributed by atoms with van der Waals surface area (Å²) in [5.74, 6) is -0.687. The number of nitrogens with two attached hydrogens (primary N) is 1. The highest BCUT2D eigenvalue weighted by atomic mass is 32.2. The second kappa shape index (κ2) is 14.2. The number of benzene rings is 3. The van der Waals surface area contributed by atoms with Crippen LogP contribution in [0.2, 0.25) is 0 Å². The number of sulfonamides is 1. The Morgan fingerprint density at radius 3 is 2.33 bits per heavy atom. The highest BCUT2D eigenvalue weighted by molar-refractivity contribution is 7.89. The van der Waals surface area contributed by atoms with Gasteiger partial charge in [0.05, 0.1) is 11.9 Å². The van der Waals surface area contributed by atoms with Crippen LogP contribution in [0.5, 0.6) is 0 Å². The van der Waals surface area contributed by atoms with E-state index >= 15 is 0 Å². The van der Waals surface area contributed by atoms with Crippen molar-refractivity contribution in [2.45, 2.75) is 32.8 Å². The number of rotatable bonds is 14. The number of nitrogen functional groups attached to an aromatic ring is 1. The van der Waals surface area contributed by atoms with Crippen molar-refractivity contribution in [3.05, 3.63) is 89.5 Å². The standard InChI is InChI=1S/C30H39N3O5S/c1-22(2)19-26-20-25(23-7-4-3-5-8-23)11-14-28(26)30(36)33(39(37,38)18-6-17-34)16-15-32-21-29(35)24-9-12-27(31)13-10-24/h3-5,7-14,20,22,29,32,34-35H,6,15-19,21,31H2,1-2H3/t29-/m0/s1. The summed E-state index contributed by atoms with van der Waals surface area (Å²) >= 11 is 0. The van der Waals surface area contributed by atoms with E-state index in [1.165, 1.54) is 0 Å². The normalized spacial score (nSPS) is 12.4. The predicted molar refractivity (Wildman–Crippen MR) is 156 cm³/mol. The molecule has 1 atom stereocenters. The van der Waals surface area contributed by atoms with E-state index in [1.807, 2.05) is 42.5 Å². The van der Waals surface area contributed by atoms with E-state index < -0.39 is 22.0 Å². The number of nitrogens with zero attached hydrogens (tertiary/aromatic N) is 1. The molecule has 8 nitrogen and oxygen atoms in total. The molecule has 39 heavy (non-hydrogen) atoms. The van der Waals surface area contributed by atoms with Crippen molar-refractivity contribution >= 4 is 21.6 Å². The molecule has 0 aliphatic rings. The van der Waals surface area contributed by atoms with Crippen LogP contribution in [-0.4, -0.2) is 60.8 Å². The Balaban J connectivity index is 1.82. The number of hydrogen-bond donors (Lipinski definition) is 4. The van der Waals surface area contributed by atoms with Crippen molar-refractivity contribution < 1.29 is 23.4 Å². The Hall–Kier alpha value is -3.24. The average molecular weight is 554 g/mol. The number of carbonyl (C=O) groups is 1. The zero-order chi connectivity index (χ0) is 28.4. The van der Waals surface area contributed by atoms with Crippen LogP contribution < -0.4 is 11.1 Å². The van der Waals surface area contributed by atoms with E-state index in [-0.39, 0.29) is 44.3 Å². The van der Waals surface area contributed by atoms with E-state index in [2.05, 4.69) is 19.2 Å². The summed E-state index contributed by atoms with van der Waals surface area (Å²) in [6.45, 7) is 4.02. The second-order valence-electron chi connectivity index (χ2n) is 9.99. The maximum atomic E-state index is 13.8. The summed E-state index contributed by atoms with van der Waals surface area (Å²) < 4.78 is 27.3. The molecule has 0 unspecified atom stereocenters. The highest BCUT2D eigenvalue weighted by Gasteiger charge is 2.29. The Morgan fingerprint density at radius 2 is 1.69 bits per heavy atom. The Labute approximate surface area is 231 Å². The monoisotopic (exact) mass is 553 g/mol. The molecular weight excluding hydrogens is 514 g/mol. The number of nitrogens with one attached hydrogen (secondary N) is 1. The lowest BCUT2D eigenvalue weighted by molar-refractivity contribution is 0.0859. The molecular formula is C30H39N3O5S. The fourth-order valence-electron chi connectivity index (χ4n) is 4.34. The maximum absolute atomic E-state index is 13.8. The van der Waals surface area contributed by atoms with Gasteiger partial charge in [-0.25, -0.2) is 12.7 Å². The van der Waals surface area contributed by atoms with Crippen LogP contribution in [0.15, 0.2) is 72.8 Å². The second-order valence-corrected chi connectivity index (χ2v) is 12.0. The van der Waals surface area contributed by atoms with E-state index in [1.54, 1.807) is 30.3 Å². The first kappa shape index (κ1) is 30.3. The molecule has 3 rings (SSSR count). The van der Waals surface area contributed by atoms with Crippen molar-refractivity contribution in [1.82, 2.24) is 9.62 Å². The maximum Gasteiger partial charge on any atom is 0.267 e. The third-order valence-electron chi connectivity index (χ3n) is 6.34. The lowest BCUT2D eigenvalue weighted by Gasteiger charge is -2.25. The van der Waals surface area contributed by atoms with Crippen molar-refractivity contribution in [3.8, 4) is 11.1 Å². The quantitative estimate of drug-likeness (QED) is 0.177. The lowest BCUT2D eigenvalue weighted by Crippen LogP contribution is -2.43. The van der Waals surface area contributed by atoms with Gasteiger partial charge in [0.1, 0.15) is 0 Å². The number of aliphatic hydroxyl groups is 2. The molecule has 0 heterocycles. The summed E-state index contributed by atoms with van der Waals surface area (Å²) in [6.07, 6.45) is -0.177. The number of hydrogen-bond acceptors (Lipinski definition) is 7. The summed E-state index contributed by atoms with van der Waals surface area (Å²) in [6, 6.07) is 22.2. The summed E-state index contributed by atoms with van der Waals surface area (Å²) in [7, 11) is -3.99. The molecule has 0 fully saturated rings. The van der Waals surface area contributed by atoms with Crippen LogP contribution >= 0.6 is 0 Å². The third kappa shape index (κ3) is 8.63. The third-order valence-corrected chi connectivity index (χ3v) is 8.17. The first-order chi connectivity index (χ1) is 18.6. The highest BCUT2D eigenvalue weighted by Crippen LogP contribution is 2.26. The van der Waals surface area contributed by atoms with Gasteiger partial charge in [-0.15, -0.1) is 0 Å². The summed E-state index contributed by atoms with van der Waals surface area (Å²) in [5, 5.41) is 22.7. The number of aliphatic hydroxyl groups excluding tert-OH is 2. The van der Waals surface area contributed by atoms with Crippen LogP contribution in [0.3, 0.4) is 0 Å². The van der Waals surface area contributed by atoms with Crippen molar-refractivity contribution in [2.24, 2.45) is 5.92 Å². The molecule has 9 heteroatoms. The first-order valence-electron chi connectivity index (χ1n) is 13.2. The van der Waals surface area contributed by atoms with E-state index in [9.17, 15) is 23.4 Å². The lowest BCUT2D eigenvalue weighted by atomic mass is 9.93.